The molecule has 1 saturated carbocycles. The minimum atomic E-state index is -0.982. The smallest absolute Gasteiger partial charge is 0.262 e. The molecule has 5 heterocycles. The number of imide groups is 2. The Kier molecular flexibility index (Phi) is 8.68. The summed E-state index contributed by atoms with van der Waals surface area (Å²) in [7, 11) is 0. The Bertz CT molecular complexity index is 2290. The van der Waals surface area contributed by atoms with Gasteiger partial charge < -0.3 is 19.4 Å². The molecule has 4 fully saturated rings. The van der Waals surface area contributed by atoms with E-state index < -0.39 is 29.7 Å². The van der Waals surface area contributed by atoms with Gasteiger partial charge in [-0.3, -0.25) is 39.1 Å². The van der Waals surface area contributed by atoms with Gasteiger partial charge in [-0.2, -0.15) is 0 Å². The highest BCUT2D eigenvalue weighted by atomic mass is 35.5. The maximum atomic E-state index is 13.9. The molecule has 1 unspecified atom stereocenters. The van der Waals surface area contributed by atoms with Crippen molar-refractivity contribution >= 4 is 58.2 Å². The third-order valence-corrected chi connectivity index (χ3v) is 13.4. The van der Waals surface area contributed by atoms with Gasteiger partial charge in [0.25, 0.3) is 17.7 Å². The Morgan fingerprint density at radius 2 is 1.46 bits per heavy atom. The Morgan fingerprint density at radius 3 is 2.12 bits per heavy atom. The molecule has 0 spiro atoms. The number of amides is 5. The van der Waals surface area contributed by atoms with E-state index in [4.69, 9.17) is 22.9 Å². The summed E-state index contributed by atoms with van der Waals surface area (Å²) in [5.41, 5.74) is 4.08. The van der Waals surface area contributed by atoms with Gasteiger partial charge in [-0.1, -0.05) is 45.4 Å². The lowest BCUT2D eigenvalue weighted by Crippen LogP contribution is -2.74. The third-order valence-electron chi connectivity index (χ3n) is 13.1. The van der Waals surface area contributed by atoms with E-state index in [9.17, 15) is 24.0 Å². The van der Waals surface area contributed by atoms with Crippen molar-refractivity contribution < 1.29 is 28.7 Å². The van der Waals surface area contributed by atoms with Crippen LogP contribution in [0, 0.1) is 17.4 Å². The van der Waals surface area contributed by atoms with Gasteiger partial charge in [-0.15, -0.1) is 0 Å². The maximum absolute atomic E-state index is 13.9. The molecule has 294 valence electrons. The number of carbonyl (C=O) groups is 5. The minimum Gasteiger partial charge on any atom is -0.489 e. The molecule has 13 nitrogen and oxygen atoms in total. The van der Waals surface area contributed by atoms with Crippen LogP contribution in [0.25, 0.3) is 4.85 Å². The first-order valence-electron chi connectivity index (χ1n) is 19.5. The van der Waals surface area contributed by atoms with Crippen molar-refractivity contribution in [3.63, 3.8) is 0 Å². The van der Waals surface area contributed by atoms with E-state index in [0.29, 0.717) is 34.6 Å². The monoisotopic (exact) mass is 789 g/mol. The fourth-order valence-corrected chi connectivity index (χ4v) is 10.8. The van der Waals surface area contributed by atoms with Crippen LogP contribution >= 0.6 is 11.6 Å². The Hall–Kier alpha value is -5.45. The van der Waals surface area contributed by atoms with Crippen LogP contribution in [0.1, 0.15) is 77.2 Å². The molecule has 3 aromatic carbocycles. The summed E-state index contributed by atoms with van der Waals surface area (Å²) in [6.45, 7) is 21.6. The molecule has 6 aliphatic rings. The first-order chi connectivity index (χ1) is 27.2. The number of halogens is 1. The lowest BCUT2D eigenvalue weighted by Gasteiger charge is -2.65. The van der Waals surface area contributed by atoms with Gasteiger partial charge >= 0.3 is 0 Å². The molecular formula is C43H44ClN7O6. The largest absolute Gasteiger partial charge is 0.489 e. The van der Waals surface area contributed by atoms with Crippen LogP contribution in [0.15, 0.2) is 54.6 Å². The number of hydrogen-bond donors (Lipinski definition) is 1. The van der Waals surface area contributed by atoms with E-state index in [1.54, 1.807) is 30.3 Å². The average molecular weight is 790 g/mol. The van der Waals surface area contributed by atoms with Gasteiger partial charge in [0.05, 0.1) is 22.7 Å². The van der Waals surface area contributed by atoms with Gasteiger partial charge in [-0.25, -0.2) is 4.85 Å². The van der Waals surface area contributed by atoms with Crippen LogP contribution in [0.3, 0.4) is 0 Å². The average Bonchev–Trinajstić information content (AvgIpc) is 3.60. The summed E-state index contributed by atoms with van der Waals surface area (Å²) in [6.07, 6.45) is 0.0448. The molecule has 57 heavy (non-hydrogen) atoms. The first kappa shape index (κ1) is 37.1. The fourth-order valence-electron chi connectivity index (χ4n) is 10.6. The zero-order valence-electron chi connectivity index (χ0n) is 32.4. The molecule has 3 saturated heterocycles. The number of carbonyl (C=O) groups excluding carboxylic acids is 5. The number of rotatable bonds is 7. The topological polar surface area (TPSA) is 127 Å². The second-order valence-corrected chi connectivity index (χ2v) is 17.7. The number of fused-ring (bicyclic) bond motifs is 2. The molecule has 0 bridgehead atoms. The molecule has 3 aromatic rings. The van der Waals surface area contributed by atoms with Crippen molar-refractivity contribution in [2.75, 3.05) is 49.1 Å². The highest BCUT2D eigenvalue weighted by Gasteiger charge is 2.67. The molecule has 5 amide bonds. The van der Waals surface area contributed by atoms with Crippen LogP contribution in [-0.4, -0.2) is 108 Å². The van der Waals surface area contributed by atoms with Crippen LogP contribution in [0.4, 0.5) is 17.1 Å². The van der Waals surface area contributed by atoms with Crippen molar-refractivity contribution in [2.45, 2.75) is 71.3 Å². The molecule has 5 aliphatic heterocycles. The number of benzene rings is 3. The Balaban J connectivity index is 0.797. The van der Waals surface area contributed by atoms with Gasteiger partial charge in [0.15, 0.2) is 0 Å². The molecule has 1 aliphatic carbocycles. The number of hydrogen-bond acceptors (Lipinski definition) is 9. The van der Waals surface area contributed by atoms with Gasteiger partial charge in [0.1, 0.15) is 17.9 Å². The van der Waals surface area contributed by atoms with E-state index in [1.165, 1.54) is 0 Å². The van der Waals surface area contributed by atoms with Crippen molar-refractivity contribution in [1.29, 1.82) is 0 Å². The van der Waals surface area contributed by atoms with Crippen molar-refractivity contribution in [3.8, 4) is 5.75 Å². The van der Waals surface area contributed by atoms with Crippen molar-refractivity contribution in [3.05, 3.63) is 93.3 Å². The zero-order valence-corrected chi connectivity index (χ0v) is 33.1. The zero-order chi connectivity index (χ0) is 40.1. The lowest BCUT2D eigenvalue weighted by atomic mass is 9.49. The molecule has 1 N–H and O–H groups in total. The molecule has 14 heteroatoms. The van der Waals surface area contributed by atoms with E-state index in [1.807, 2.05) is 17.0 Å². The third kappa shape index (κ3) is 5.86. The minimum absolute atomic E-state index is 0.0470. The normalized spacial score (nSPS) is 25.5. The molecule has 0 radical (unpaired) electrons. The van der Waals surface area contributed by atoms with E-state index in [-0.39, 0.29) is 47.3 Å². The molecule has 1 atom stereocenters. The molecular weight excluding hydrogens is 746 g/mol. The van der Waals surface area contributed by atoms with Gasteiger partial charge in [0.2, 0.25) is 17.5 Å². The Labute approximate surface area is 336 Å². The highest BCUT2D eigenvalue weighted by molar-refractivity contribution is 6.33. The number of piperazine rings is 1. The van der Waals surface area contributed by atoms with E-state index in [0.717, 1.165) is 66.7 Å². The number of ether oxygens (including phenoxy) is 1. The predicted molar refractivity (Wildman–Crippen MR) is 213 cm³/mol. The van der Waals surface area contributed by atoms with E-state index in [2.05, 4.69) is 64.7 Å². The summed E-state index contributed by atoms with van der Waals surface area (Å²) < 4.78 is 6.50. The van der Waals surface area contributed by atoms with Crippen molar-refractivity contribution in [1.82, 2.24) is 20.0 Å². The summed E-state index contributed by atoms with van der Waals surface area (Å²) in [5, 5.41) is 2.60. The van der Waals surface area contributed by atoms with Gasteiger partial charge in [0, 0.05) is 92.1 Å². The van der Waals surface area contributed by atoms with Gasteiger partial charge in [-0.05, 0) is 60.5 Å². The second kappa shape index (κ2) is 13.3. The Morgan fingerprint density at radius 1 is 0.789 bits per heavy atom. The van der Waals surface area contributed by atoms with Crippen LogP contribution in [0.2, 0.25) is 5.02 Å². The second-order valence-electron chi connectivity index (χ2n) is 17.3. The number of nitrogens with one attached hydrogen (secondary N) is 1. The highest BCUT2D eigenvalue weighted by Crippen LogP contribution is 2.59. The summed E-state index contributed by atoms with van der Waals surface area (Å²) in [5.74, 6) is -1.34. The van der Waals surface area contributed by atoms with Crippen LogP contribution in [-0.2, 0) is 16.1 Å². The summed E-state index contributed by atoms with van der Waals surface area (Å²) in [4.78, 5) is 78.0. The fraction of sp³-hybridized carbons (Fsp3) is 0.442. The van der Waals surface area contributed by atoms with Crippen molar-refractivity contribution in [2.24, 2.45) is 10.8 Å². The van der Waals surface area contributed by atoms with E-state index >= 15 is 0 Å². The molecule has 9 rings (SSSR count). The number of nitrogens with zero attached hydrogens (tertiary/aromatic N) is 6. The quantitative estimate of drug-likeness (QED) is 0.256. The van der Waals surface area contributed by atoms with Crippen LogP contribution in [0.5, 0.6) is 5.75 Å². The standard InChI is InChI=1S/C43H44ClN7O6/c1-42(2)40(43(3,4)41(42)57-28-8-11-33(45-5)32(44)20-28)50-21-24-18-25(6-9-29(24)37(50)54)47-14-16-48(17-15-47)27-22-49(23-27)26-7-10-30-31(19-26)39(56)51(38(30)55)34-12-13-35(52)46-36(34)53/h6-11,18-20,27,34,40-41H,12-17,21-23H2,1-4H3,(H,46,52,53). The number of anilines is 2. The summed E-state index contributed by atoms with van der Waals surface area (Å²) in [6, 6.07) is 16.0. The number of piperidine rings is 1. The predicted octanol–water partition coefficient (Wildman–Crippen LogP) is 5.14. The summed E-state index contributed by atoms with van der Waals surface area (Å²) >= 11 is 6.31. The first-order valence-corrected chi connectivity index (χ1v) is 19.9. The SMILES string of the molecule is [C-]#[N+]c1ccc(OC2C(C)(C)C(N3Cc4cc(N5CCN(C6CN(c7ccc8c(c7)C(=O)N(C7CCC(=O)NC7=O)C8=O)C6)CC5)ccc4C3=O)C2(C)C)cc1Cl. The molecule has 0 aromatic heterocycles. The maximum Gasteiger partial charge on any atom is 0.262 e. The van der Waals surface area contributed by atoms with Crippen LogP contribution < -0.4 is 19.9 Å². The lowest BCUT2D eigenvalue weighted by molar-refractivity contribution is -0.199.